The van der Waals surface area contributed by atoms with Crippen LogP contribution in [0.15, 0.2) is 36.8 Å². The standard InChI is InChI=1S/C22H22N6O2/c1-12-2-4-24-10-14(12)17-6-13-7-18(26-11-15(13)20(23)27-17)28-21(30)16-8-22(16)3-5-25-19(29)9-22/h2,4,6-7,10-11,16H,3,5,8-9H2,1H3,(H2,23,27)(H,25,29)(H,26,28,30)/t16-,22-/m0/s1. The number of carbonyl (C=O) groups is 2. The van der Waals surface area contributed by atoms with Crippen molar-refractivity contribution in [1.29, 1.82) is 0 Å². The summed E-state index contributed by atoms with van der Waals surface area (Å²) in [7, 11) is 0. The fraction of sp³-hybridized carbons (Fsp3) is 0.318. The van der Waals surface area contributed by atoms with Crippen molar-refractivity contribution < 1.29 is 9.59 Å². The van der Waals surface area contributed by atoms with E-state index in [1.54, 1.807) is 18.6 Å². The number of nitrogen functional groups attached to an aromatic ring is 1. The van der Waals surface area contributed by atoms with Crippen LogP contribution in [0, 0.1) is 18.3 Å². The lowest BCUT2D eigenvalue weighted by Crippen LogP contribution is -2.36. The maximum atomic E-state index is 12.8. The average Bonchev–Trinajstić information content (AvgIpc) is 3.40. The topological polar surface area (TPSA) is 123 Å². The molecule has 5 rings (SSSR count). The van der Waals surface area contributed by atoms with Gasteiger partial charge in [-0.3, -0.25) is 14.6 Å². The number of aromatic nitrogens is 3. The number of carbonyl (C=O) groups excluding carboxylic acids is 2. The number of nitrogens with zero attached hydrogens (tertiary/aromatic N) is 3. The molecule has 2 fully saturated rings. The van der Waals surface area contributed by atoms with Gasteiger partial charge >= 0.3 is 0 Å². The summed E-state index contributed by atoms with van der Waals surface area (Å²) in [5, 5.41) is 7.32. The van der Waals surface area contributed by atoms with Gasteiger partial charge in [0.15, 0.2) is 0 Å². The lowest BCUT2D eigenvalue weighted by Gasteiger charge is -2.22. The number of hydrogen-bond acceptors (Lipinski definition) is 6. The average molecular weight is 402 g/mol. The van der Waals surface area contributed by atoms with E-state index in [0.29, 0.717) is 24.6 Å². The molecule has 0 radical (unpaired) electrons. The van der Waals surface area contributed by atoms with Gasteiger partial charge in [0.05, 0.1) is 5.69 Å². The van der Waals surface area contributed by atoms with Crippen molar-refractivity contribution in [2.75, 3.05) is 17.6 Å². The summed E-state index contributed by atoms with van der Waals surface area (Å²) in [6.45, 7) is 2.63. The summed E-state index contributed by atoms with van der Waals surface area (Å²) < 4.78 is 0. The quantitative estimate of drug-likeness (QED) is 0.618. The Hall–Kier alpha value is -3.55. The van der Waals surface area contributed by atoms with Gasteiger partial charge in [-0.1, -0.05) is 0 Å². The molecule has 8 heteroatoms. The Morgan fingerprint density at radius 1 is 1.33 bits per heavy atom. The number of pyridine rings is 3. The third kappa shape index (κ3) is 3.14. The fourth-order valence-corrected chi connectivity index (χ4v) is 4.44. The van der Waals surface area contributed by atoms with Gasteiger partial charge in [0.1, 0.15) is 11.6 Å². The van der Waals surface area contributed by atoms with Gasteiger partial charge in [-0.25, -0.2) is 9.97 Å². The zero-order valence-electron chi connectivity index (χ0n) is 16.6. The summed E-state index contributed by atoms with van der Waals surface area (Å²) in [6.07, 6.45) is 7.15. The van der Waals surface area contributed by atoms with Crippen molar-refractivity contribution in [3.63, 3.8) is 0 Å². The van der Waals surface area contributed by atoms with Crippen LogP contribution in [0.25, 0.3) is 22.0 Å². The first-order chi connectivity index (χ1) is 14.4. The van der Waals surface area contributed by atoms with E-state index in [1.165, 1.54) is 0 Å². The Balaban J connectivity index is 1.41. The number of hydrogen-bond donors (Lipinski definition) is 3. The molecule has 1 saturated carbocycles. The molecule has 1 aliphatic heterocycles. The Morgan fingerprint density at radius 2 is 2.20 bits per heavy atom. The molecule has 2 amide bonds. The van der Waals surface area contributed by atoms with E-state index in [9.17, 15) is 9.59 Å². The molecule has 1 aliphatic carbocycles. The number of piperidine rings is 1. The van der Waals surface area contributed by atoms with E-state index >= 15 is 0 Å². The number of nitrogens with one attached hydrogen (secondary N) is 2. The Bertz CT molecular complexity index is 1190. The molecule has 4 N–H and O–H groups in total. The molecule has 1 saturated heterocycles. The van der Waals surface area contributed by atoms with E-state index in [1.807, 2.05) is 25.1 Å². The molecule has 0 bridgehead atoms. The van der Waals surface area contributed by atoms with E-state index in [-0.39, 0.29) is 23.1 Å². The smallest absolute Gasteiger partial charge is 0.229 e. The van der Waals surface area contributed by atoms with E-state index in [4.69, 9.17) is 5.73 Å². The van der Waals surface area contributed by atoms with Crippen LogP contribution in [-0.4, -0.2) is 33.3 Å². The summed E-state index contributed by atoms with van der Waals surface area (Å²) in [6, 6.07) is 5.66. The molecule has 2 atom stereocenters. The van der Waals surface area contributed by atoms with Crippen LogP contribution in [0.5, 0.6) is 0 Å². The van der Waals surface area contributed by atoms with Crippen LogP contribution in [0.1, 0.15) is 24.8 Å². The van der Waals surface area contributed by atoms with Crippen LogP contribution >= 0.6 is 0 Å². The van der Waals surface area contributed by atoms with Gasteiger partial charge in [0.2, 0.25) is 11.8 Å². The molecule has 3 aromatic rings. The number of rotatable bonds is 3. The second-order valence-electron chi connectivity index (χ2n) is 8.26. The highest BCUT2D eigenvalue weighted by atomic mass is 16.2. The van der Waals surface area contributed by atoms with Crippen molar-refractivity contribution >= 4 is 34.2 Å². The second-order valence-corrected chi connectivity index (χ2v) is 8.26. The van der Waals surface area contributed by atoms with Gasteiger partial charge in [0.25, 0.3) is 0 Å². The number of amides is 2. The van der Waals surface area contributed by atoms with Crippen molar-refractivity contribution in [3.8, 4) is 11.3 Å². The van der Waals surface area contributed by atoms with Crippen LogP contribution in [0.2, 0.25) is 0 Å². The molecular formula is C22H22N6O2. The third-order valence-electron chi connectivity index (χ3n) is 6.28. The molecule has 8 nitrogen and oxygen atoms in total. The van der Waals surface area contributed by atoms with Crippen LogP contribution in [0.4, 0.5) is 11.6 Å². The normalized spacial score (nSPS) is 22.7. The number of aryl methyl sites for hydroxylation is 1. The summed E-state index contributed by atoms with van der Waals surface area (Å²) in [5.74, 6) is 0.653. The predicted octanol–water partition coefficient (Wildman–Crippen LogP) is 2.44. The molecule has 1 spiro atoms. The van der Waals surface area contributed by atoms with Gasteiger partial charge in [-0.05, 0) is 54.3 Å². The van der Waals surface area contributed by atoms with E-state index < -0.39 is 0 Å². The molecule has 152 valence electrons. The molecule has 30 heavy (non-hydrogen) atoms. The van der Waals surface area contributed by atoms with E-state index in [2.05, 4.69) is 25.6 Å². The maximum absolute atomic E-state index is 12.8. The van der Waals surface area contributed by atoms with Gasteiger partial charge in [-0.15, -0.1) is 0 Å². The fourth-order valence-electron chi connectivity index (χ4n) is 4.44. The Morgan fingerprint density at radius 3 is 3.00 bits per heavy atom. The first-order valence-corrected chi connectivity index (χ1v) is 10.00. The van der Waals surface area contributed by atoms with Crippen LogP contribution < -0.4 is 16.4 Å². The Kier molecular flexibility index (Phi) is 4.16. The molecule has 0 aromatic carbocycles. The molecule has 0 unspecified atom stereocenters. The van der Waals surface area contributed by atoms with Crippen LogP contribution in [-0.2, 0) is 9.59 Å². The maximum Gasteiger partial charge on any atom is 0.229 e. The first-order valence-electron chi connectivity index (χ1n) is 10.00. The van der Waals surface area contributed by atoms with Crippen molar-refractivity contribution in [2.24, 2.45) is 11.3 Å². The molecule has 2 aliphatic rings. The van der Waals surface area contributed by atoms with Crippen molar-refractivity contribution in [3.05, 3.63) is 42.4 Å². The minimum atomic E-state index is -0.178. The third-order valence-corrected chi connectivity index (χ3v) is 6.28. The highest BCUT2D eigenvalue weighted by molar-refractivity contribution is 5.99. The molecule has 3 aromatic heterocycles. The molecular weight excluding hydrogens is 380 g/mol. The minimum absolute atomic E-state index is 0.0292. The Labute approximate surface area is 173 Å². The summed E-state index contributed by atoms with van der Waals surface area (Å²) in [4.78, 5) is 37.5. The first kappa shape index (κ1) is 18.5. The van der Waals surface area contributed by atoms with Crippen molar-refractivity contribution in [1.82, 2.24) is 20.3 Å². The van der Waals surface area contributed by atoms with E-state index in [0.717, 1.165) is 40.4 Å². The monoisotopic (exact) mass is 402 g/mol. The van der Waals surface area contributed by atoms with Crippen LogP contribution in [0.3, 0.4) is 0 Å². The number of nitrogens with two attached hydrogens (primary N) is 1. The minimum Gasteiger partial charge on any atom is -0.383 e. The largest absolute Gasteiger partial charge is 0.383 e. The van der Waals surface area contributed by atoms with Crippen molar-refractivity contribution in [2.45, 2.75) is 26.2 Å². The SMILES string of the molecule is Cc1ccncc1-c1cc2cc(NC(=O)[C@@H]3C[C@]34CCNC(=O)C4)ncc2c(N)n1. The van der Waals surface area contributed by atoms with Gasteiger partial charge < -0.3 is 16.4 Å². The zero-order valence-corrected chi connectivity index (χ0v) is 16.6. The predicted molar refractivity (Wildman–Crippen MR) is 113 cm³/mol. The number of anilines is 2. The van der Waals surface area contributed by atoms with Gasteiger partial charge in [-0.2, -0.15) is 0 Å². The lowest BCUT2D eigenvalue weighted by atomic mass is 9.91. The molecule has 4 heterocycles. The second kappa shape index (κ2) is 6.76. The summed E-state index contributed by atoms with van der Waals surface area (Å²) >= 11 is 0. The van der Waals surface area contributed by atoms with Gasteiger partial charge in [0, 0.05) is 48.4 Å². The lowest BCUT2D eigenvalue weighted by molar-refractivity contribution is -0.124. The summed E-state index contributed by atoms with van der Waals surface area (Å²) in [5.41, 5.74) is 8.67. The highest BCUT2D eigenvalue weighted by Gasteiger charge is 2.59. The highest BCUT2D eigenvalue weighted by Crippen LogP contribution is 2.59. The zero-order chi connectivity index (χ0) is 20.9. The number of fused-ring (bicyclic) bond motifs is 1.